The van der Waals surface area contributed by atoms with E-state index in [1.54, 1.807) is 13.3 Å². The summed E-state index contributed by atoms with van der Waals surface area (Å²) in [6, 6.07) is 7.62. The van der Waals surface area contributed by atoms with Crippen LogP contribution in [-0.4, -0.2) is 32.5 Å². The third-order valence-corrected chi connectivity index (χ3v) is 4.93. The average molecular weight is 365 g/mol. The fourth-order valence-corrected chi connectivity index (χ4v) is 3.32. The highest BCUT2D eigenvalue weighted by molar-refractivity contribution is 5.77. The molecule has 2 aromatic heterocycles. The summed E-state index contributed by atoms with van der Waals surface area (Å²) in [5.41, 5.74) is 2.29. The van der Waals surface area contributed by atoms with Gasteiger partial charge in [-0.1, -0.05) is 12.1 Å². The monoisotopic (exact) mass is 365 g/mol. The summed E-state index contributed by atoms with van der Waals surface area (Å²) in [6.07, 6.45) is 6.74. The summed E-state index contributed by atoms with van der Waals surface area (Å²) in [6.45, 7) is 0. The largest absolute Gasteiger partial charge is 0.480 e. The second-order valence-corrected chi connectivity index (χ2v) is 6.95. The molecule has 1 aromatic carbocycles. The van der Waals surface area contributed by atoms with Crippen LogP contribution in [0, 0.1) is 5.92 Å². The van der Waals surface area contributed by atoms with Crippen molar-refractivity contribution < 1.29 is 9.53 Å². The second kappa shape index (κ2) is 7.34. The van der Waals surface area contributed by atoms with Crippen LogP contribution in [0.5, 0.6) is 5.88 Å². The Morgan fingerprint density at radius 3 is 2.67 bits per heavy atom. The van der Waals surface area contributed by atoms with E-state index in [1.807, 2.05) is 42.1 Å². The Morgan fingerprint density at radius 2 is 2.04 bits per heavy atom. The lowest BCUT2D eigenvalue weighted by molar-refractivity contribution is -0.122. The highest BCUT2D eigenvalue weighted by Crippen LogP contribution is 2.40. The Balaban J connectivity index is 1.46. The molecule has 7 nitrogen and oxygen atoms in total. The lowest BCUT2D eigenvalue weighted by Gasteiger charge is -2.18. The van der Waals surface area contributed by atoms with Crippen LogP contribution in [0.25, 0.3) is 11.0 Å². The van der Waals surface area contributed by atoms with Crippen LogP contribution in [-0.2, 0) is 18.3 Å². The molecule has 2 heterocycles. The van der Waals surface area contributed by atoms with Gasteiger partial charge in [-0.05, 0) is 30.9 Å². The highest BCUT2D eigenvalue weighted by Gasteiger charge is 2.35. The van der Waals surface area contributed by atoms with E-state index in [-0.39, 0.29) is 11.9 Å². The Bertz CT molecular complexity index is 964. The van der Waals surface area contributed by atoms with Crippen molar-refractivity contribution in [3.63, 3.8) is 0 Å². The number of nitrogens with zero attached hydrogens (tertiary/aromatic N) is 4. The molecule has 1 atom stereocenters. The van der Waals surface area contributed by atoms with E-state index in [0.717, 1.165) is 29.7 Å². The van der Waals surface area contributed by atoms with Crippen molar-refractivity contribution in [2.24, 2.45) is 13.0 Å². The van der Waals surface area contributed by atoms with Crippen LogP contribution in [0.4, 0.5) is 0 Å². The number of fused-ring (bicyclic) bond motifs is 1. The molecule has 1 fully saturated rings. The number of hydrogen-bond donors (Lipinski definition) is 1. The number of rotatable bonds is 7. The predicted octanol–water partition coefficient (Wildman–Crippen LogP) is 2.57. The number of para-hydroxylation sites is 2. The van der Waals surface area contributed by atoms with Gasteiger partial charge in [0, 0.05) is 32.3 Å². The summed E-state index contributed by atoms with van der Waals surface area (Å²) < 4.78 is 7.34. The van der Waals surface area contributed by atoms with Gasteiger partial charge in [-0.2, -0.15) is 0 Å². The minimum atomic E-state index is -0.0258. The zero-order valence-electron chi connectivity index (χ0n) is 15.6. The van der Waals surface area contributed by atoms with Gasteiger partial charge < -0.3 is 14.6 Å². The highest BCUT2D eigenvalue weighted by atomic mass is 16.5. The molecule has 1 N–H and O–H groups in total. The van der Waals surface area contributed by atoms with Crippen LogP contribution in [0.15, 0.2) is 36.7 Å². The molecule has 27 heavy (non-hydrogen) atoms. The van der Waals surface area contributed by atoms with Crippen molar-refractivity contribution in [3.05, 3.63) is 48.2 Å². The molecule has 3 aromatic rings. The minimum Gasteiger partial charge on any atom is -0.480 e. The number of imidazole rings is 1. The van der Waals surface area contributed by atoms with Crippen molar-refractivity contribution in [3.8, 4) is 5.88 Å². The summed E-state index contributed by atoms with van der Waals surface area (Å²) in [5.74, 6) is 1.86. The Labute approximate surface area is 157 Å². The molecule has 1 amide bonds. The van der Waals surface area contributed by atoms with Gasteiger partial charge in [0.2, 0.25) is 11.8 Å². The fourth-order valence-electron chi connectivity index (χ4n) is 3.32. The number of carbonyl (C=O) groups is 1. The number of nitrogens with one attached hydrogen (secondary N) is 1. The molecule has 1 saturated carbocycles. The summed E-state index contributed by atoms with van der Waals surface area (Å²) in [5, 5.41) is 3.16. The molecule has 0 radical (unpaired) electrons. The topological polar surface area (TPSA) is 81.9 Å². The van der Waals surface area contributed by atoms with Gasteiger partial charge in [0.25, 0.3) is 0 Å². The molecular weight excluding hydrogens is 342 g/mol. The molecule has 140 valence electrons. The van der Waals surface area contributed by atoms with E-state index in [2.05, 4.69) is 20.3 Å². The van der Waals surface area contributed by atoms with Gasteiger partial charge in [-0.25, -0.2) is 15.0 Å². The van der Waals surface area contributed by atoms with E-state index < -0.39 is 0 Å². The van der Waals surface area contributed by atoms with Crippen LogP contribution in [0.1, 0.15) is 36.8 Å². The van der Waals surface area contributed by atoms with Gasteiger partial charge in [-0.15, -0.1) is 0 Å². The number of carbonyl (C=O) groups excluding carboxylic acids is 1. The van der Waals surface area contributed by atoms with Gasteiger partial charge in [0.15, 0.2) is 0 Å². The van der Waals surface area contributed by atoms with E-state index in [4.69, 9.17) is 4.74 Å². The van der Waals surface area contributed by atoms with E-state index in [1.165, 1.54) is 0 Å². The maximum Gasteiger partial charge on any atom is 0.235 e. The van der Waals surface area contributed by atoms with Gasteiger partial charge >= 0.3 is 0 Å². The molecule has 0 bridgehead atoms. The summed E-state index contributed by atoms with van der Waals surface area (Å²) in [4.78, 5) is 26.1. The Kier molecular flexibility index (Phi) is 4.75. The number of amides is 1. The number of benzene rings is 1. The zero-order valence-corrected chi connectivity index (χ0v) is 15.6. The third kappa shape index (κ3) is 3.77. The first-order chi connectivity index (χ1) is 13.2. The fraction of sp³-hybridized carbons (Fsp3) is 0.400. The Morgan fingerprint density at radius 1 is 1.30 bits per heavy atom. The Hall–Kier alpha value is -2.96. The van der Waals surface area contributed by atoms with Crippen molar-refractivity contribution in [2.75, 3.05) is 7.11 Å². The van der Waals surface area contributed by atoms with E-state index in [9.17, 15) is 4.79 Å². The number of ether oxygens (including phenoxy) is 1. The van der Waals surface area contributed by atoms with Gasteiger partial charge in [0.05, 0.1) is 24.2 Å². The predicted molar refractivity (Wildman–Crippen MR) is 101 cm³/mol. The van der Waals surface area contributed by atoms with Crippen LogP contribution >= 0.6 is 0 Å². The number of methoxy groups -OCH3 is 1. The lowest BCUT2D eigenvalue weighted by Crippen LogP contribution is -2.31. The summed E-state index contributed by atoms with van der Waals surface area (Å²) >= 11 is 0. The molecule has 0 saturated heterocycles. The van der Waals surface area contributed by atoms with Crippen molar-refractivity contribution in [1.29, 1.82) is 0 Å². The zero-order chi connectivity index (χ0) is 18.8. The van der Waals surface area contributed by atoms with E-state index in [0.29, 0.717) is 30.3 Å². The van der Waals surface area contributed by atoms with Crippen molar-refractivity contribution in [2.45, 2.75) is 31.7 Å². The molecule has 1 aliphatic rings. The van der Waals surface area contributed by atoms with Crippen LogP contribution in [0.3, 0.4) is 0 Å². The first-order valence-corrected chi connectivity index (χ1v) is 9.22. The SMILES string of the molecule is COc1nc2ccccc2nc1CCC(=O)N[C@@H](c1nccn1C)C1CC1. The standard InChI is InChI=1S/C20H23N5O2/c1-25-12-11-21-19(25)18(13-7-8-13)24-17(26)10-9-16-20(27-2)23-15-6-4-3-5-14(15)22-16/h3-6,11-13,18H,7-10H2,1-2H3,(H,24,26)/t18-/m1/s1. The van der Waals surface area contributed by atoms with Crippen molar-refractivity contribution in [1.82, 2.24) is 24.8 Å². The van der Waals surface area contributed by atoms with Crippen molar-refractivity contribution >= 4 is 16.9 Å². The molecular formula is C20H23N5O2. The molecule has 7 heteroatoms. The molecule has 4 rings (SSSR count). The maximum absolute atomic E-state index is 12.6. The average Bonchev–Trinajstić information content (AvgIpc) is 3.44. The minimum absolute atomic E-state index is 0.00749. The van der Waals surface area contributed by atoms with Crippen LogP contribution in [0.2, 0.25) is 0 Å². The molecule has 0 aliphatic heterocycles. The third-order valence-electron chi connectivity index (χ3n) is 4.93. The smallest absolute Gasteiger partial charge is 0.235 e. The lowest BCUT2D eigenvalue weighted by atomic mass is 10.1. The molecule has 0 spiro atoms. The molecule has 1 aliphatic carbocycles. The summed E-state index contributed by atoms with van der Waals surface area (Å²) in [7, 11) is 3.53. The van der Waals surface area contributed by atoms with Gasteiger partial charge in [-0.3, -0.25) is 4.79 Å². The number of hydrogen-bond acceptors (Lipinski definition) is 5. The number of aromatic nitrogens is 4. The van der Waals surface area contributed by atoms with E-state index >= 15 is 0 Å². The van der Waals surface area contributed by atoms with Gasteiger partial charge in [0.1, 0.15) is 11.5 Å². The first kappa shape index (κ1) is 17.5. The van der Waals surface area contributed by atoms with Crippen LogP contribution < -0.4 is 10.1 Å². The second-order valence-electron chi connectivity index (χ2n) is 6.95. The molecule has 0 unspecified atom stereocenters. The first-order valence-electron chi connectivity index (χ1n) is 9.22. The normalized spacial score (nSPS) is 14.9. The quantitative estimate of drug-likeness (QED) is 0.696. The maximum atomic E-state index is 12.6. The number of aryl methyl sites for hydroxylation is 2.